The molecule has 0 aliphatic heterocycles. The molecule has 0 radical (unpaired) electrons. The average Bonchev–Trinajstić information content (AvgIpc) is 2.91. The number of carboxylic acids is 1. The van der Waals surface area contributed by atoms with Gasteiger partial charge in [0.2, 0.25) is 10.0 Å². The molecule has 0 bridgehead atoms. The fourth-order valence-electron chi connectivity index (χ4n) is 1.88. The summed E-state index contributed by atoms with van der Waals surface area (Å²) in [6.07, 6.45) is 0.780. The zero-order chi connectivity index (χ0) is 14.4. The molecule has 1 aliphatic rings. The van der Waals surface area contributed by atoms with Crippen LogP contribution in [0.5, 0.6) is 5.75 Å². The van der Waals surface area contributed by atoms with Crippen LogP contribution in [0.1, 0.15) is 29.3 Å². The van der Waals surface area contributed by atoms with Crippen molar-refractivity contribution in [3.8, 4) is 5.75 Å². The third-order valence-electron chi connectivity index (χ3n) is 3.23. The Morgan fingerprint density at radius 3 is 2.47 bits per heavy atom. The Morgan fingerprint density at radius 1 is 1.42 bits per heavy atom. The minimum atomic E-state index is -3.76. The maximum absolute atomic E-state index is 12.1. The lowest BCUT2D eigenvalue weighted by atomic mass is 10.1. The molecule has 104 valence electrons. The first kappa shape index (κ1) is 13.8. The molecule has 7 heteroatoms. The Hall–Kier alpha value is -1.60. The lowest BCUT2D eigenvalue weighted by molar-refractivity contribution is 0.0693. The van der Waals surface area contributed by atoms with Crippen molar-refractivity contribution in [3.05, 3.63) is 23.3 Å². The van der Waals surface area contributed by atoms with Crippen LogP contribution in [0.3, 0.4) is 0 Å². The number of phenols is 1. The number of aromatic hydroxyl groups is 1. The van der Waals surface area contributed by atoms with Crippen molar-refractivity contribution in [2.45, 2.75) is 31.2 Å². The molecule has 6 nitrogen and oxygen atoms in total. The topological polar surface area (TPSA) is 104 Å². The maximum Gasteiger partial charge on any atom is 0.339 e. The van der Waals surface area contributed by atoms with Gasteiger partial charge in [-0.2, -0.15) is 0 Å². The highest BCUT2D eigenvalue weighted by Crippen LogP contribution is 2.32. The predicted octanol–water partition coefficient (Wildman–Crippen LogP) is 1.09. The van der Waals surface area contributed by atoms with Crippen LogP contribution in [0.2, 0.25) is 0 Å². The van der Waals surface area contributed by atoms with Crippen LogP contribution < -0.4 is 4.72 Å². The Kier molecular flexibility index (Phi) is 3.27. The van der Waals surface area contributed by atoms with Gasteiger partial charge in [0.25, 0.3) is 0 Å². The van der Waals surface area contributed by atoms with Crippen molar-refractivity contribution < 1.29 is 23.4 Å². The highest BCUT2D eigenvalue weighted by molar-refractivity contribution is 7.89. The van der Waals surface area contributed by atoms with Gasteiger partial charge >= 0.3 is 5.97 Å². The van der Waals surface area contributed by atoms with Gasteiger partial charge in [0.15, 0.2) is 0 Å². The Labute approximate surface area is 111 Å². The Bertz CT molecular complexity index is 638. The van der Waals surface area contributed by atoms with Gasteiger partial charge in [-0.05, 0) is 37.0 Å². The second kappa shape index (κ2) is 4.50. The molecule has 1 aliphatic carbocycles. The van der Waals surface area contributed by atoms with Crippen molar-refractivity contribution >= 4 is 16.0 Å². The molecule has 2 unspecified atom stereocenters. The quantitative estimate of drug-likeness (QED) is 0.768. The summed E-state index contributed by atoms with van der Waals surface area (Å²) < 4.78 is 26.8. The van der Waals surface area contributed by atoms with E-state index >= 15 is 0 Å². The van der Waals surface area contributed by atoms with Crippen LogP contribution in [0, 0.1) is 12.8 Å². The number of hydrogen-bond donors (Lipinski definition) is 3. The number of carboxylic acid groups (broad SMARTS) is 1. The Balaban J connectivity index is 2.43. The summed E-state index contributed by atoms with van der Waals surface area (Å²) in [7, 11) is -3.76. The van der Waals surface area contributed by atoms with E-state index in [1.807, 2.05) is 6.92 Å². The van der Waals surface area contributed by atoms with E-state index in [0.717, 1.165) is 18.6 Å². The molecule has 0 amide bonds. The molecule has 1 fully saturated rings. The monoisotopic (exact) mass is 285 g/mol. The smallest absolute Gasteiger partial charge is 0.339 e. The summed E-state index contributed by atoms with van der Waals surface area (Å²) in [6.45, 7) is 3.44. The van der Waals surface area contributed by atoms with Gasteiger partial charge in [-0.3, -0.25) is 0 Å². The van der Waals surface area contributed by atoms with Gasteiger partial charge in [-0.25, -0.2) is 17.9 Å². The highest BCUT2D eigenvalue weighted by Gasteiger charge is 2.37. The number of carbonyl (C=O) groups is 1. The molecule has 0 spiro atoms. The number of aromatic carboxylic acids is 1. The predicted molar refractivity (Wildman–Crippen MR) is 67.7 cm³/mol. The van der Waals surface area contributed by atoms with E-state index in [9.17, 15) is 18.3 Å². The average molecular weight is 285 g/mol. The van der Waals surface area contributed by atoms with Gasteiger partial charge < -0.3 is 10.2 Å². The minimum absolute atomic E-state index is 0.0912. The summed E-state index contributed by atoms with van der Waals surface area (Å²) in [5.74, 6) is -1.51. The summed E-state index contributed by atoms with van der Waals surface area (Å²) in [4.78, 5) is 10.8. The molecule has 19 heavy (non-hydrogen) atoms. The molecule has 0 aromatic heterocycles. The number of sulfonamides is 1. The molecule has 1 saturated carbocycles. The fourth-order valence-corrected chi connectivity index (χ4v) is 3.49. The van der Waals surface area contributed by atoms with Crippen molar-refractivity contribution in [1.82, 2.24) is 4.72 Å². The summed E-state index contributed by atoms with van der Waals surface area (Å²) >= 11 is 0. The molecular weight excluding hydrogens is 270 g/mol. The van der Waals surface area contributed by atoms with Crippen molar-refractivity contribution in [2.75, 3.05) is 0 Å². The zero-order valence-corrected chi connectivity index (χ0v) is 11.4. The second-order valence-corrected chi connectivity index (χ2v) is 6.56. The molecular formula is C12H15NO5S. The third kappa shape index (κ3) is 2.71. The first-order valence-corrected chi connectivity index (χ1v) is 7.30. The fraction of sp³-hybridized carbons (Fsp3) is 0.417. The molecule has 0 heterocycles. The molecule has 1 aromatic rings. The van der Waals surface area contributed by atoms with E-state index in [1.54, 1.807) is 0 Å². The van der Waals surface area contributed by atoms with E-state index < -0.39 is 27.3 Å². The molecule has 0 saturated heterocycles. The van der Waals surface area contributed by atoms with Crippen LogP contribution in [0.4, 0.5) is 0 Å². The van der Waals surface area contributed by atoms with E-state index in [2.05, 4.69) is 4.72 Å². The standard InChI is InChI=1S/C12H15NO5S/c1-6-3-9(6)13-19(17,18)11-5-8(12(15)16)10(14)4-7(11)2/h4-6,9,13-14H,3H2,1-2H3,(H,15,16). The molecule has 1 aromatic carbocycles. The summed E-state index contributed by atoms with van der Waals surface area (Å²) in [6, 6.07) is 2.04. The van der Waals surface area contributed by atoms with Gasteiger partial charge in [-0.15, -0.1) is 0 Å². The van der Waals surface area contributed by atoms with Gasteiger partial charge in [0, 0.05) is 6.04 Å². The first-order valence-electron chi connectivity index (χ1n) is 5.81. The largest absolute Gasteiger partial charge is 0.507 e. The van der Waals surface area contributed by atoms with E-state index in [0.29, 0.717) is 11.5 Å². The van der Waals surface area contributed by atoms with Crippen LogP contribution in [-0.4, -0.2) is 30.6 Å². The number of rotatable bonds is 4. The third-order valence-corrected chi connectivity index (χ3v) is 4.86. The zero-order valence-electron chi connectivity index (χ0n) is 10.5. The van der Waals surface area contributed by atoms with Gasteiger partial charge in [0.1, 0.15) is 11.3 Å². The van der Waals surface area contributed by atoms with Crippen molar-refractivity contribution in [2.24, 2.45) is 5.92 Å². The minimum Gasteiger partial charge on any atom is -0.507 e. The molecule has 3 N–H and O–H groups in total. The van der Waals surface area contributed by atoms with E-state index in [1.165, 1.54) is 6.92 Å². The van der Waals surface area contributed by atoms with Gasteiger partial charge in [0.05, 0.1) is 4.90 Å². The highest BCUT2D eigenvalue weighted by atomic mass is 32.2. The van der Waals surface area contributed by atoms with E-state index in [4.69, 9.17) is 5.11 Å². The van der Waals surface area contributed by atoms with Crippen molar-refractivity contribution in [1.29, 1.82) is 0 Å². The van der Waals surface area contributed by atoms with Crippen molar-refractivity contribution in [3.63, 3.8) is 0 Å². The normalized spacial score (nSPS) is 22.2. The number of nitrogens with one attached hydrogen (secondary N) is 1. The lowest BCUT2D eigenvalue weighted by Crippen LogP contribution is -2.27. The molecule has 2 atom stereocenters. The first-order chi connectivity index (χ1) is 8.72. The number of aryl methyl sites for hydroxylation is 1. The number of hydrogen-bond acceptors (Lipinski definition) is 4. The molecule has 2 rings (SSSR count). The van der Waals surface area contributed by atoms with E-state index in [-0.39, 0.29) is 10.9 Å². The second-order valence-electron chi connectivity index (χ2n) is 4.88. The Morgan fingerprint density at radius 2 is 2.00 bits per heavy atom. The lowest BCUT2D eigenvalue weighted by Gasteiger charge is -2.11. The van der Waals surface area contributed by atoms with Crippen LogP contribution in [0.25, 0.3) is 0 Å². The number of benzene rings is 1. The summed E-state index contributed by atoms with van der Waals surface area (Å²) in [5.41, 5.74) is -0.113. The van der Waals surface area contributed by atoms with Crippen LogP contribution in [-0.2, 0) is 10.0 Å². The van der Waals surface area contributed by atoms with Crippen LogP contribution in [0.15, 0.2) is 17.0 Å². The summed E-state index contributed by atoms with van der Waals surface area (Å²) in [5, 5.41) is 18.4. The van der Waals surface area contributed by atoms with Gasteiger partial charge in [-0.1, -0.05) is 6.92 Å². The maximum atomic E-state index is 12.1. The van der Waals surface area contributed by atoms with Crippen LogP contribution >= 0.6 is 0 Å². The SMILES string of the molecule is Cc1cc(O)c(C(=O)O)cc1S(=O)(=O)NC1CC1C.